The van der Waals surface area contributed by atoms with E-state index in [1.165, 1.54) is 29.3 Å². The topological polar surface area (TPSA) is 12.9 Å². The van der Waals surface area contributed by atoms with E-state index in [0.29, 0.717) is 0 Å². The van der Waals surface area contributed by atoms with E-state index in [9.17, 15) is 0 Å². The van der Waals surface area contributed by atoms with Crippen LogP contribution in [0.2, 0.25) is 18.1 Å². The Labute approximate surface area is 124 Å². The van der Waals surface area contributed by atoms with E-state index in [1.54, 1.807) is 5.19 Å². The van der Waals surface area contributed by atoms with Crippen LogP contribution in [0.1, 0.15) is 26.3 Å². The van der Waals surface area contributed by atoms with Gasteiger partial charge in [0, 0.05) is 6.20 Å². The molecule has 0 spiro atoms. The molecule has 20 heavy (non-hydrogen) atoms. The Hall–Kier alpha value is -1.41. The Morgan fingerprint density at radius 2 is 1.65 bits per heavy atom. The quantitative estimate of drug-likeness (QED) is 0.720. The molecule has 0 aliphatic carbocycles. The monoisotopic (exact) mass is 283 g/mol. The van der Waals surface area contributed by atoms with Gasteiger partial charge in [-0.3, -0.25) is 4.98 Å². The van der Waals surface area contributed by atoms with Crippen LogP contribution in [0.5, 0.6) is 0 Å². The van der Waals surface area contributed by atoms with Crippen molar-refractivity contribution in [2.75, 3.05) is 0 Å². The lowest BCUT2D eigenvalue weighted by Crippen LogP contribution is -2.47. The third-order valence-electron chi connectivity index (χ3n) is 4.72. The molecular formula is C18H25NSi. The Bertz CT molecular complexity index is 551. The summed E-state index contributed by atoms with van der Waals surface area (Å²) in [6, 6.07) is 17.0. The van der Waals surface area contributed by atoms with E-state index >= 15 is 0 Å². The highest BCUT2D eigenvalue weighted by molar-refractivity contribution is 6.92. The minimum Gasteiger partial charge on any atom is -0.256 e. The number of aromatic nitrogens is 1. The van der Waals surface area contributed by atoms with Crippen molar-refractivity contribution in [2.45, 2.75) is 45.8 Å². The normalized spacial score (nSPS) is 11.6. The standard InChI is InChI=1S/C18H25NSi/c1-5-20(6-2,7-3)18-14-15(4)11-12-16(18)17-10-8-9-13-19-17/h8-14H,5-7H2,1-4H3. The van der Waals surface area contributed by atoms with E-state index in [-0.39, 0.29) is 0 Å². The molecule has 2 heteroatoms. The van der Waals surface area contributed by atoms with Gasteiger partial charge in [0.25, 0.3) is 0 Å². The van der Waals surface area contributed by atoms with Gasteiger partial charge in [-0.05, 0) is 29.8 Å². The number of aryl methyl sites for hydroxylation is 1. The molecule has 0 atom stereocenters. The van der Waals surface area contributed by atoms with Crippen molar-refractivity contribution < 1.29 is 0 Å². The van der Waals surface area contributed by atoms with E-state index < -0.39 is 8.07 Å². The van der Waals surface area contributed by atoms with Crippen LogP contribution in [-0.2, 0) is 0 Å². The SMILES string of the molecule is CC[Si](CC)(CC)c1cc(C)ccc1-c1ccccn1. The lowest BCUT2D eigenvalue weighted by molar-refractivity contribution is 1.19. The van der Waals surface area contributed by atoms with Crippen molar-refractivity contribution in [2.24, 2.45) is 0 Å². The summed E-state index contributed by atoms with van der Waals surface area (Å²) in [5.41, 5.74) is 3.84. The number of hydrogen-bond acceptors (Lipinski definition) is 1. The number of rotatable bonds is 5. The van der Waals surface area contributed by atoms with Crippen molar-refractivity contribution in [1.29, 1.82) is 0 Å². The molecular weight excluding hydrogens is 258 g/mol. The maximum atomic E-state index is 4.58. The highest BCUT2D eigenvalue weighted by atomic mass is 28.3. The smallest absolute Gasteiger partial charge is 0.0868 e. The summed E-state index contributed by atoms with van der Waals surface area (Å²) in [7, 11) is -1.39. The first-order valence-corrected chi connectivity index (χ1v) is 10.3. The predicted molar refractivity (Wildman–Crippen MR) is 91.2 cm³/mol. The molecule has 1 heterocycles. The van der Waals surface area contributed by atoms with Gasteiger partial charge in [0.2, 0.25) is 0 Å². The van der Waals surface area contributed by atoms with Gasteiger partial charge in [-0.15, -0.1) is 0 Å². The van der Waals surface area contributed by atoms with Crippen LogP contribution >= 0.6 is 0 Å². The highest BCUT2D eigenvalue weighted by Crippen LogP contribution is 2.26. The first-order valence-electron chi connectivity index (χ1n) is 7.69. The van der Waals surface area contributed by atoms with Gasteiger partial charge < -0.3 is 0 Å². The zero-order valence-corrected chi connectivity index (χ0v) is 14.1. The average molecular weight is 283 g/mol. The Morgan fingerprint density at radius 3 is 2.20 bits per heavy atom. The molecule has 0 radical (unpaired) electrons. The van der Waals surface area contributed by atoms with Gasteiger partial charge in [0.15, 0.2) is 0 Å². The molecule has 0 saturated carbocycles. The predicted octanol–water partition coefficient (Wildman–Crippen LogP) is 4.77. The van der Waals surface area contributed by atoms with Crippen LogP contribution in [0.25, 0.3) is 11.3 Å². The number of nitrogens with zero attached hydrogens (tertiary/aromatic N) is 1. The number of benzene rings is 1. The summed E-state index contributed by atoms with van der Waals surface area (Å²) in [4.78, 5) is 4.58. The molecule has 0 saturated heterocycles. The number of pyridine rings is 1. The molecule has 0 bridgehead atoms. The van der Waals surface area contributed by atoms with Crippen molar-refractivity contribution in [3.8, 4) is 11.3 Å². The van der Waals surface area contributed by atoms with Gasteiger partial charge >= 0.3 is 0 Å². The third kappa shape index (κ3) is 2.71. The van der Waals surface area contributed by atoms with Crippen LogP contribution in [0.4, 0.5) is 0 Å². The van der Waals surface area contributed by atoms with Crippen LogP contribution in [0.3, 0.4) is 0 Å². The molecule has 1 aromatic carbocycles. The molecule has 0 N–H and O–H groups in total. The Balaban J connectivity index is 2.65. The molecule has 2 rings (SSSR count). The lowest BCUT2D eigenvalue weighted by atomic mass is 10.1. The van der Waals surface area contributed by atoms with Gasteiger partial charge in [-0.25, -0.2) is 0 Å². The summed E-state index contributed by atoms with van der Waals surface area (Å²) in [6.07, 6.45) is 1.89. The summed E-state index contributed by atoms with van der Waals surface area (Å²) in [5, 5.41) is 1.60. The summed E-state index contributed by atoms with van der Waals surface area (Å²) in [6.45, 7) is 9.29. The minimum absolute atomic E-state index is 1.12. The largest absolute Gasteiger partial charge is 0.256 e. The molecule has 1 nitrogen and oxygen atoms in total. The maximum Gasteiger partial charge on any atom is 0.0868 e. The molecule has 0 unspecified atom stereocenters. The summed E-state index contributed by atoms with van der Waals surface area (Å²) < 4.78 is 0. The zero-order chi connectivity index (χ0) is 14.6. The molecule has 0 aliphatic heterocycles. The highest BCUT2D eigenvalue weighted by Gasteiger charge is 2.31. The van der Waals surface area contributed by atoms with Gasteiger partial charge in [-0.1, -0.05) is 68.7 Å². The fourth-order valence-electron chi connectivity index (χ4n) is 3.16. The van der Waals surface area contributed by atoms with E-state index in [4.69, 9.17) is 0 Å². The molecule has 0 amide bonds. The first-order chi connectivity index (χ1) is 9.66. The summed E-state index contributed by atoms with van der Waals surface area (Å²) >= 11 is 0. The fraction of sp³-hybridized carbons (Fsp3) is 0.389. The Kier molecular flexibility index (Phi) is 4.76. The van der Waals surface area contributed by atoms with Crippen LogP contribution in [-0.4, -0.2) is 13.1 Å². The van der Waals surface area contributed by atoms with Gasteiger partial charge in [0.1, 0.15) is 0 Å². The lowest BCUT2D eigenvalue weighted by Gasteiger charge is -2.31. The molecule has 2 aromatic rings. The molecule has 0 aliphatic rings. The molecule has 1 aromatic heterocycles. The summed E-state index contributed by atoms with van der Waals surface area (Å²) in [5.74, 6) is 0. The maximum absolute atomic E-state index is 4.58. The number of hydrogen-bond donors (Lipinski definition) is 0. The van der Waals surface area contributed by atoms with E-state index in [2.05, 4.69) is 63.0 Å². The Morgan fingerprint density at radius 1 is 0.950 bits per heavy atom. The molecule has 106 valence electrons. The van der Waals surface area contributed by atoms with E-state index in [1.807, 2.05) is 12.3 Å². The van der Waals surface area contributed by atoms with Gasteiger partial charge in [0.05, 0.1) is 13.8 Å². The molecule has 0 fully saturated rings. The zero-order valence-electron chi connectivity index (χ0n) is 13.1. The second kappa shape index (κ2) is 6.36. The first kappa shape index (κ1) is 15.0. The third-order valence-corrected chi connectivity index (χ3v) is 10.3. The van der Waals surface area contributed by atoms with Crippen molar-refractivity contribution >= 4 is 13.3 Å². The van der Waals surface area contributed by atoms with Crippen LogP contribution in [0.15, 0.2) is 42.6 Å². The second-order valence-corrected chi connectivity index (χ2v) is 10.8. The van der Waals surface area contributed by atoms with Crippen molar-refractivity contribution in [3.63, 3.8) is 0 Å². The van der Waals surface area contributed by atoms with Crippen molar-refractivity contribution in [1.82, 2.24) is 4.98 Å². The minimum atomic E-state index is -1.39. The van der Waals surface area contributed by atoms with Crippen LogP contribution in [0, 0.1) is 6.92 Å². The van der Waals surface area contributed by atoms with Gasteiger partial charge in [-0.2, -0.15) is 0 Å². The second-order valence-electron chi connectivity index (χ2n) is 5.61. The fourth-order valence-corrected chi connectivity index (χ4v) is 7.12. The van der Waals surface area contributed by atoms with Crippen molar-refractivity contribution in [3.05, 3.63) is 48.2 Å². The van der Waals surface area contributed by atoms with E-state index in [0.717, 1.165) is 5.69 Å². The van der Waals surface area contributed by atoms with Crippen LogP contribution < -0.4 is 5.19 Å². The average Bonchev–Trinajstić information content (AvgIpc) is 2.51.